The average Bonchev–Trinajstić information content (AvgIpc) is 2.20. The maximum atomic E-state index is 4.82. The molecule has 0 aromatic heterocycles. The molecule has 0 atom stereocenters. The highest BCUT2D eigenvalue weighted by Gasteiger charge is 1.77. The molecule has 1 rings (SSSR count). The van der Waals surface area contributed by atoms with Crippen LogP contribution in [-0.2, 0) is 4.12 Å². The van der Waals surface area contributed by atoms with Gasteiger partial charge in [0.25, 0.3) is 0 Å². The largest absolute Gasteiger partial charge is 0.468 e. The first kappa shape index (κ1) is 12.4. The second kappa shape index (κ2) is 9.44. The molecule has 0 bridgehead atoms. The molecular formula is C10H18OSi2. The van der Waals surface area contributed by atoms with E-state index in [1.54, 1.807) is 0 Å². The lowest BCUT2D eigenvalue weighted by Crippen LogP contribution is -1.82. The van der Waals surface area contributed by atoms with Gasteiger partial charge in [0.05, 0.1) is 0 Å². The molecule has 0 spiro atoms. The van der Waals surface area contributed by atoms with Crippen LogP contribution in [0.5, 0.6) is 0 Å². The van der Waals surface area contributed by atoms with Gasteiger partial charge in [-0.3, -0.25) is 0 Å². The molecule has 0 saturated heterocycles. The number of allylic oxidation sites excluding steroid dienone is 1. The molecule has 0 N–H and O–H groups in total. The monoisotopic (exact) mass is 210 g/mol. The van der Waals surface area contributed by atoms with E-state index < -0.39 is 0 Å². The molecule has 0 radical (unpaired) electrons. The van der Waals surface area contributed by atoms with Crippen LogP contribution in [0.25, 0.3) is 6.08 Å². The van der Waals surface area contributed by atoms with E-state index in [0.717, 1.165) is 10.5 Å². The summed E-state index contributed by atoms with van der Waals surface area (Å²) in [5.41, 5.74) is 1.26. The number of benzene rings is 1. The van der Waals surface area contributed by atoms with Crippen molar-refractivity contribution in [2.24, 2.45) is 0 Å². The van der Waals surface area contributed by atoms with Crippen molar-refractivity contribution in [3.63, 3.8) is 0 Å². The van der Waals surface area contributed by atoms with Crippen molar-refractivity contribution in [3.05, 3.63) is 42.0 Å². The van der Waals surface area contributed by atoms with Gasteiger partial charge in [0.2, 0.25) is 0 Å². The number of rotatable bonds is 2. The maximum Gasteiger partial charge on any atom is 0.142 e. The first-order chi connectivity index (χ1) is 6.35. The third-order valence-corrected chi connectivity index (χ3v) is 3.76. The lowest BCUT2D eigenvalue weighted by atomic mass is 10.2. The fourth-order valence-corrected chi connectivity index (χ4v) is 0.757. The van der Waals surface area contributed by atoms with Crippen LogP contribution >= 0.6 is 0 Å². The molecule has 0 aliphatic rings. The van der Waals surface area contributed by atoms with Crippen molar-refractivity contribution in [3.8, 4) is 0 Å². The minimum absolute atomic E-state index is 0.0139. The van der Waals surface area contributed by atoms with Gasteiger partial charge in [-0.1, -0.05) is 49.0 Å². The third kappa shape index (κ3) is 7.71. The Hall–Kier alpha value is -0.646. The molecule has 1 aromatic carbocycles. The van der Waals surface area contributed by atoms with Gasteiger partial charge in [-0.15, -0.1) is 0 Å². The Morgan fingerprint density at radius 1 is 1.31 bits per heavy atom. The van der Waals surface area contributed by atoms with Crippen LogP contribution in [0.3, 0.4) is 0 Å². The van der Waals surface area contributed by atoms with Crippen molar-refractivity contribution in [1.82, 2.24) is 0 Å². The van der Waals surface area contributed by atoms with E-state index >= 15 is 0 Å². The highest BCUT2D eigenvalue weighted by Crippen LogP contribution is 1.99. The molecule has 3 heteroatoms. The summed E-state index contributed by atoms with van der Waals surface area (Å²) in [4.78, 5) is 0. The Morgan fingerprint density at radius 3 is 2.23 bits per heavy atom. The maximum absolute atomic E-state index is 4.82. The smallest absolute Gasteiger partial charge is 0.142 e. The zero-order valence-electron chi connectivity index (χ0n) is 8.66. The summed E-state index contributed by atoms with van der Waals surface area (Å²) in [6.07, 6.45) is 4.12. The summed E-state index contributed by atoms with van der Waals surface area (Å²) in [7, 11) is 0.938. The number of hydrogen-bond donors (Lipinski definition) is 0. The van der Waals surface area contributed by atoms with E-state index in [2.05, 4.69) is 24.8 Å². The molecule has 1 aromatic rings. The van der Waals surface area contributed by atoms with Crippen LogP contribution in [-0.4, -0.2) is 20.2 Å². The topological polar surface area (TPSA) is 9.23 Å². The summed E-state index contributed by atoms with van der Waals surface area (Å²) in [6.45, 7) is 4.15. The number of hydrogen-bond acceptors (Lipinski definition) is 1. The molecule has 0 aliphatic heterocycles. The van der Waals surface area contributed by atoms with E-state index in [1.165, 1.54) is 5.56 Å². The molecule has 72 valence electrons. The molecule has 0 amide bonds. The zero-order chi connectivity index (χ0) is 9.94. The first-order valence-electron chi connectivity index (χ1n) is 4.51. The van der Waals surface area contributed by atoms with Gasteiger partial charge in [0.1, 0.15) is 20.2 Å². The Bertz CT molecular complexity index is 220. The van der Waals surface area contributed by atoms with Crippen molar-refractivity contribution in [2.45, 2.75) is 13.5 Å². The quantitative estimate of drug-likeness (QED) is 0.665. The molecular weight excluding hydrogens is 192 g/mol. The molecule has 1 nitrogen and oxygen atoms in total. The highest BCUT2D eigenvalue weighted by molar-refractivity contribution is 6.32. The molecule has 0 aliphatic carbocycles. The SMILES string of the molecule is CC=Cc1ccccc1.C[SiH2]O[SiH3]. The lowest BCUT2D eigenvalue weighted by molar-refractivity contribution is 0.671. The van der Waals surface area contributed by atoms with Crippen molar-refractivity contribution >= 4 is 26.3 Å². The van der Waals surface area contributed by atoms with Crippen molar-refractivity contribution in [1.29, 1.82) is 0 Å². The Morgan fingerprint density at radius 2 is 1.85 bits per heavy atom. The van der Waals surface area contributed by atoms with Crippen LogP contribution in [0.15, 0.2) is 36.4 Å². The van der Waals surface area contributed by atoms with E-state index in [0.29, 0.717) is 0 Å². The van der Waals surface area contributed by atoms with Crippen LogP contribution in [0.2, 0.25) is 6.55 Å². The van der Waals surface area contributed by atoms with E-state index in [-0.39, 0.29) is 9.76 Å². The molecule has 13 heavy (non-hydrogen) atoms. The predicted molar refractivity (Wildman–Crippen MR) is 66.6 cm³/mol. The Kier molecular flexibility index (Phi) is 8.97. The van der Waals surface area contributed by atoms with Crippen LogP contribution in [0.1, 0.15) is 12.5 Å². The molecule has 0 fully saturated rings. The standard InChI is InChI=1S/C9H10.CH8OSi2/c1-2-6-9-7-4-3-5-8-9;1-4-2-3/h2-8H,1H3;4H2,1,3H3. The van der Waals surface area contributed by atoms with Gasteiger partial charge in [0.15, 0.2) is 0 Å². The predicted octanol–water partition coefficient (Wildman–Crippen LogP) is 1.14. The normalized spacial score (nSPS) is 10.6. The summed E-state index contributed by atoms with van der Waals surface area (Å²) >= 11 is 0. The third-order valence-electron chi connectivity index (χ3n) is 1.45. The Balaban J connectivity index is 0.000000310. The van der Waals surface area contributed by atoms with Crippen molar-refractivity contribution in [2.75, 3.05) is 0 Å². The second-order valence-corrected chi connectivity index (χ2v) is 5.37. The summed E-state index contributed by atoms with van der Waals surface area (Å²) in [6, 6.07) is 10.3. The van der Waals surface area contributed by atoms with E-state index in [1.807, 2.05) is 31.2 Å². The first-order valence-corrected chi connectivity index (χ1v) is 7.32. The highest BCUT2D eigenvalue weighted by atomic mass is 28.3. The summed E-state index contributed by atoms with van der Waals surface area (Å²) < 4.78 is 4.82. The lowest BCUT2D eigenvalue weighted by Gasteiger charge is -1.86. The van der Waals surface area contributed by atoms with Crippen molar-refractivity contribution < 1.29 is 4.12 Å². The molecule has 0 unspecified atom stereocenters. The fourth-order valence-electron chi connectivity index (χ4n) is 0.757. The van der Waals surface area contributed by atoms with Gasteiger partial charge < -0.3 is 4.12 Å². The van der Waals surface area contributed by atoms with E-state index in [9.17, 15) is 0 Å². The Labute approximate surface area is 86.3 Å². The van der Waals surface area contributed by atoms with Gasteiger partial charge >= 0.3 is 0 Å². The summed E-state index contributed by atoms with van der Waals surface area (Å²) in [5, 5.41) is 0. The average molecular weight is 210 g/mol. The van der Waals surface area contributed by atoms with Gasteiger partial charge in [-0.2, -0.15) is 0 Å². The van der Waals surface area contributed by atoms with Crippen LogP contribution < -0.4 is 0 Å². The second-order valence-electron chi connectivity index (χ2n) is 2.49. The minimum atomic E-state index is -0.0139. The fraction of sp³-hybridized carbons (Fsp3) is 0.200. The van der Waals surface area contributed by atoms with E-state index in [4.69, 9.17) is 4.12 Å². The summed E-state index contributed by atoms with van der Waals surface area (Å²) in [5.74, 6) is 0. The molecule has 0 saturated carbocycles. The minimum Gasteiger partial charge on any atom is -0.468 e. The van der Waals surface area contributed by atoms with Crippen LogP contribution in [0, 0.1) is 0 Å². The zero-order valence-corrected chi connectivity index (χ0v) is 12.1. The van der Waals surface area contributed by atoms with Crippen LogP contribution in [0.4, 0.5) is 0 Å². The van der Waals surface area contributed by atoms with Gasteiger partial charge in [-0.25, -0.2) is 0 Å². The van der Waals surface area contributed by atoms with Gasteiger partial charge in [-0.05, 0) is 12.5 Å². The van der Waals surface area contributed by atoms with Gasteiger partial charge in [0, 0.05) is 0 Å². The molecule has 0 heterocycles.